The summed E-state index contributed by atoms with van der Waals surface area (Å²) in [6.45, 7) is 4.22. The van der Waals surface area contributed by atoms with E-state index in [1.807, 2.05) is 18.2 Å². The Balaban J connectivity index is 2.84. The summed E-state index contributed by atoms with van der Waals surface area (Å²) in [5.74, 6) is -0.777. The maximum Gasteiger partial charge on any atom is 0.303 e. The second-order valence-corrected chi connectivity index (χ2v) is 5.87. The van der Waals surface area contributed by atoms with Gasteiger partial charge in [-0.1, -0.05) is 25.4 Å². The van der Waals surface area contributed by atoms with E-state index < -0.39 is 5.97 Å². The van der Waals surface area contributed by atoms with Crippen molar-refractivity contribution in [2.75, 3.05) is 0 Å². The SMILES string of the molecule is CC(C)Sc1ccc(Cl)cc1CCC(=O)O. The summed E-state index contributed by atoms with van der Waals surface area (Å²) in [6.07, 6.45) is 0.678. The standard InChI is InChI=1S/C12H15ClO2S/c1-8(2)16-11-5-4-10(13)7-9(11)3-6-12(14)15/h4-5,7-8H,3,6H2,1-2H3,(H,14,15). The molecule has 4 heteroatoms. The highest BCUT2D eigenvalue weighted by Crippen LogP contribution is 2.29. The molecule has 0 aliphatic carbocycles. The third kappa shape index (κ3) is 4.45. The Bertz CT molecular complexity index is 377. The smallest absolute Gasteiger partial charge is 0.303 e. The van der Waals surface area contributed by atoms with Crippen LogP contribution in [0.1, 0.15) is 25.8 Å². The van der Waals surface area contributed by atoms with Crippen molar-refractivity contribution in [2.45, 2.75) is 36.8 Å². The van der Waals surface area contributed by atoms with Gasteiger partial charge in [-0.2, -0.15) is 0 Å². The van der Waals surface area contributed by atoms with Gasteiger partial charge in [0.1, 0.15) is 0 Å². The van der Waals surface area contributed by atoms with Gasteiger partial charge in [0.2, 0.25) is 0 Å². The van der Waals surface area contributed by atoms with Gasteiger partial charge < -0.3 is 5.11 Å². The molecule has 1 aromatic rings. The Hall–Kier alpha value is -0.670. The van der Waals surface area contributed by atoms with Gasteiger partial charge in [0.05, 0.1) is 0 Å². The molecule has 0 atom stereocenters. The molecular weight excluding hydrogens is 244 g/mol. The minimum atomic E-state index is -0.777. The van der Waals surface area contributed by atoms with Crippen LogP contribution in [0, 0.1) is 0 Å². The zero-order chi connectivity index (χ0) is 12.1. The molecule has 0 aliphatic heterocycles. The van der Waals surface area contributed by atoms with E-state index in [1.54, 1.807) is 11.8 Å². The van der Waals surface area contributed by atoms with Gasteiger partial charge in [-0.3, -0.25) is 4.79 Å². The van der Waals surface area contributed by atoms with Crippen molar-refractivity contribution in [3.63, 3.8) is 0 Å². The average Bonchev–Trinajstić information content (AvgIpc) is 2.17. The molecule has 0 spiro atoms. The Kier molecular flexibility index (Phi) is 5.16. The molecule has 1 N–H and O–H groups in total. The fourth-order valence-electron chi connectivity index (χ4n) is 1.35. The van der Waals surface area contributed by atoms with Crippen molar-refractivity contribution in [2.24, 2.45) is 0 Å². The Labute approximate surface area is 105 Å². The fourth-order valence-corrected chi connectivity index (χ4v) is 2.52. The molecule has 0 radical (unpaired) electrons. The highest BCUT2D eigenvalue weighted by Gasteiger charge is 2.08. The lowest BCUT2D eigenvalue weighted by Crippen LogP contribution is -1.99. The molecule has 16 heavy (non-hydrogen) atoms. The van der Waals surface area contributed by atoms with Crippen LogP contribution < -0.4 is 0 Å². The third-order valence-corrected chi connectivity index (χ3v) is 3.35. The minimum Gasteiger partial charge on any atom is -0.481 e. The van der Waals surface area contributed by atoms with Crippen molar-refractivity contribution in [1.82, 2.24) is 0 Å². The monoisotopic (exact) mass is 258 g/mol. The lowest BCUT2D eigenvalue weighted by atomic mass is 10.1. The number of hydrogen-bond donors (Lipinski definition) is 1. The molecule has 88 valence electrons. The number of benzene rings is 1. The first-order valence-corrected chi connectivity index (χ1v) is 6.41. The van der Waals surface area contributed by atoms with E-state index >= 15 is 0 Å². The van der Waals surface area contributed by atoms with Gasteiger partial charge in [0, 0.05) is 21.6 Å². The number of aliphatic carboxylic acids is 1. The molecular formula is C12H15ClO2S. The molecule has 0 amide bonds. The lowest BCUT2D eigenvalue weighted by Gasteiger charge is -2.11. The molecule has 0 unspecified atom stereocenters. The van der Waals surface area contributed by atoms with Gasteiger partial charge in [0.15, 0.2) is 0 Å². The quantitative estimate of drug-likeness (QED) is 0.815. The largest absolute Gasteiger partial charge is 0.481 e. The van der Waals surface area contributed by atoms with E-state index in [1.165, 1.54) is 0 Å². The van der Waals surface area contributed by atoms with Gasteiger partial charge >= 0.3 is 5.97 Å². The summed E-state index contributed by atoms with van der Waals surface area (Å²) < 4.78 is 0. The molecule has 0 aliphatic rings. The van der Waals surface area contributed by atoms with Gasteiger partial charge in [-0.15, -0.1) is 11.8 Å². The highest BCUT2D eigenvalue weighted by atomic mass is 35.5. The van der Waals surface area contributed by atoms with E-state index in [4.69, 9.17) is 16.7 Å². The Morgan fingerprint density at radius 3 is 2.75 bits per heavy atom. The molecule has 1 aromatic carbocycles. The lowest BCUT2D eigenvalue weighted by molar-refractivity contribution is -0.136. The minimum absolute atomic E-state index is 0.145. The van der Waals surface area contributed by atoms with Gasteiger partial charge in [-0.05, 0) is 30.2 Å². The van der Waals surface area contributed by atoms with Crippen LogP contribution in [0.3, 0.4) is 0 Å². The summed E-state index contributed by atoms with van der Waals surface area (Å²) in [7, 11) is 0. The number of carbonyl (C=O) groups is 1. The predicted molar refractivity (Wildman–Crippen MR) is 68.4 cm³/mol. The summed E-state index contributed by atoms with van der Waals surface area (Å²) >= 11 is 7.65. The number of rotatable bonds is 5. The van der Waals surface area contributed by atoms with Crippen LogP contribution in [0.25, 0.3) is 0 Å². The molecule has 0 heterocycles. The molecule has 1 rings (SSSR count). The molecule has 0 saturated carbocycles. The van der Waals surface area contributed by atoms with Crippen molar-refractivity contribution in [3.8, 4) is 0 Å². The third-order valence-electron chi connectivity index (χ3n) is 1.99. The maximum atomic E-state index is 10.6. The predicted octanol–water partition coefficient (Wildman–Crippen LogP) is 3.86. The molecule has 0 aromatic heterocycles. The van der Waals surface area contributed by atoms with E-state index in [2.05, 4.69) is 13.8 Å². The average molecular weight is 259 g/mol. The van der Waals surface area contributed by atoms with Crippen LogP contribution in [0.5, 0.6) is 0 Å². The Morgan fingerprint density at radius 1 is 1.50 bits per heavy atom. The fraction of sp³-hybridized carbons (Fsp3) is 0.417. The number of carboxylic acids is 1. The number of hydrogen-bond acceptors (Lipinski definition) is 2. The van der Waals surface area contributed by atoms with Crippen molar-refractivity contribution >= 4 is 29.3 Å². The summed E-state index contributed by atoms with van der Waals surface area (Å²) in [5, 5.41) is 9.81. The second kappa shape index (κ2) is 6.16. The van der Waals surface area contributed by atoms with E-state index in [0.29, 0.717) is 16.7 Å². The number of thioether (sulfide) groups is 1. The number of halogens is 1. The van der Waals surface area contributed by atoms with Crippen molar-refractivity contribution in [1.29, 1.82) is 0 Å². The van der Waals surface area contributed by atoms with Crippen molar-refractivity contribution in [3.05, 3.63) is 28.8 Å². The van der Waals surface area contributed by atoms with E-state index in [0.717, 1.165) is 10.5 Å². The zero-order valence-electron chi connectivity index (χ0n) is 9.37. The first kappa shape index (κ1) is 13.4. The Morgan fingerprint density at radius 2 is 2.19 bits per heavy atom. The second-order valence-electron chi connectivity index (χ2n) is 3.81. The summed E-state index contributed by atoms with van der Waals surface area (Å²) in [5.41, 5.74) is 1.02. The molecule has 0 saturated heterocycles. The van der Waals surface area contributed by atoms with Crippen LogP contribution in [0.4, 0.5) is 0 Å². The van der Waals surface area contributed by atoms with Gasteiger partial charge in [-0.25, -0.2) is 0 Å². The maximum absolute atomic E-state index is 10.6. The summed E-state index contributed by atoms with van der Waals surface area (Å²) in [6, 6.07) is 5.66. The van der Waals surface area contributed by atoms with Crippen LogP contribution in [-0.2, 0) is 11.2 Å². The van der Waals surface area contributed by atoms with Gasteiger partial charge in [0.25, 0.3) is 0 Å². The first-order chi connectivity index (χ1) is 7.49. The number of aryl methyl sites for hydroxylation is 1. The zero-order valence-corrected chi connectivity index (χ0v) is 10.9. The highest BCUT2D eigenvalue weighted by molar-refractivity contribution is 8.00. The van der Waals surface area contributed by atoms with Crippen LogP contribution in [0.15, 0.2) is 23.1 Å². The molecule has 0 fully saturated rings. The summed E-state index contributed by atoms with van der Waals surface area (Å²) in [4.78, 5) is 11.7. The van der Waals surface area contributed by atoms with Crippen LogP contribution in [-0.4, -0.2) is 16.3 Å². The van der Waals surface area contributed by atoms with Crippen LogP contribution in [0.2, 0.25) is 5.02 Å². The normalized spacial score (nSPS) is 10.8. The molecule has 0 bridgehead atoms. The molecule has 2 nitrogen and oxygen atoms in total. The first-order valence-electron chi connectivity index (χ1n) is 5.16. The number of carboxylic acid groups (broad SMARTS) is 1. The van der Waals surface area contributed by atoms with E-state index in [9.17, 15) is 4.79 Å². The van der Waals surface area contributed by atoms with Crippen molar-refractivity contribution < 1.29 is 9.90 Å². The van der Waals surface area contributed by atoms with E-state index in [-0.39, 0.29) is 6.42 Å². The topological polar surface area (TPSA) is 37.3 Å². The van der Waals surface area contributed by atoms with Crippen LogP contribution >= 0.6 is 23.4 Å².